The Morgan fingerprint density at radius 2 is 2.27 bits per heavy atom. The van der Waals surface area contributed by atoms with Gasteiger partial charge in [-0.15, -0.1) is 0 Å². The highest BCUT2D eigenvalue weighted by atomic mass is 16.4. The molecule has 15 heavy (non-hydrogen) atoms. The number of carbonyl (C=O) groups is 1. The molecule has 0 amide bonds. The van der Waals surface area contributed by atoms with Crippen molar-refractivity contribution >= 4 is 16.9 Å². The third-order valence-corrected chi connectivity index (χ3v) is 2.20. The summed E-state index contributed by atoms with van der Waals surface area (Å²) in [5.74, 6) is -1.22. The van der Waals surface area contributed by atoms with Crippen LogP contribution in [0.2, 0.25) is 0 Å². The molecule has 5 nitrogen and oxygen atoms in total. The van der Waals surface area contributed by atoms with Crippen molar-refractivity contribution in [3.8, 4) is 0 Å². The molecule has 2 aromatic heterocycles. The molecule has 0 bridgehead atoms. The lowest BCUT2D eigenvalue weighted by Gasteiger charge is -2.03. The molecule has 0 radical (unpaired) electrons. The van der Waals surface area contributed by atoms with Crippen LogP contribution in [0.5, 0.6) is 0 Å². The molecule has 2 N–H and O–H groups in total. The third kappa shape index (κ3) is 1.38. The zero-order valence-electron chi connectivity index (χ0n) is 7.94. The summed E-state index contributed by atoms with van der Waals surface area (Å²) in [5, 5.41) is 9.21. The van der Waals surface area contributed by atoms with Gasteiger partial charge in [0.25, 0.3) is 0 Å². The Morgan fingerprint density at radius 3 is 2.93 bits per heavy atom. The summed E-state index contributed by atoms with van der Waals surface area (Å²) in [6, 6.07) is 1.50. The highest BCUT2D eigenvalue weighted by molar-refractivity contribution is 5.93. The zero-order valence-corrected chi connectivity index (χ0v) is 7.94. The molecule has 0 fully saturated rings. The average molecular weight is 204 g/mol. The van der Waals surface area contributed by atoms with Gasteiger partial charge in [0.05, 0.1) is 11.7 Å². The summed E-state index contributed by atoms with van der Waals surface area (Å²) in [4.78, 5) is 29.3. The summed E-state index contributed by atoms with van der Waals surface area (Å²) in [6.45, 7) is 1.55. The molecule has 2 heterocycles. The second-order valence-corrected chi connectivity index (χ2v) is 3.18. The maximum absolute atomic E-state index is 11.8. The molecule has 76 valence electrons. The Hall–Kier alpha value is -2.17. The van der Waals surface area contributed by atoms with Gasteiger partial charge in [-0.3, -0.25) is 9.78 Å². The first-order chi connectivity index (χ1) is 7.11. The fourth-order valence-corrected chi connectivity index (χ4v) is 1.52. The number of aromatic nitrogens is 2. The first-order valence-corrected chi connectivity index (χ1v) is 4.31. The number of nitrogens with zero attached hydrogens (tertiary/aromatic N) is 1. The zero-order chi connectivity index (χ0) is 11.0. The smallest absolute Gasteiger partial charge is 0.341 e. The molecule has 0 spiro atoms. The van der Waals surface area contributed by atoms with Crippen LogP contribution < -0.4 is 5.43 Å². The number of fused-ring (bicyclic) bond motifs is 1. The fourth-order valence-electron chi connectivity index (χ4n) is 1.52. The van der Waals surface area contributed by atoms with E-state index < -0.39 is 11.4 Å². The second-order valence-electron chi connectivity index (χ2n) is 3.18. The highest BCUT2D eigenvalue weighted by Crippen LogP contribution is 2.09. The van der Waals surface area contributed by atoms with Crippen molar-refractivity contribution in [3.63, 3.8) is 0 Å². The van der Waals surface area contributed by atoms with E-state index in [1.54, 1.807) is 6.92 Å². The summed E-state index contributed by atoms with van der Waals surface area (Å²) < 4.78 is 0. The van der Waals surface area contributed by atoms with Gasteiger partial charge in [0, 0.05) is 17.3 Å². The monoisotopic (exact) mass is 204 g/mol. The number of carboxylic acid groups (broad SMARTS) is 1. The van der Waals surface area contributed by atoms with E-state index in [0.29, 0.717) is 16.6 Å². The predicted molar refractivity (Wildman–Crippen MR) is 54.1 cm³/mol. The highest BCUT2D eigenvalue weighted by Gasteiger charge is 2.14. The molecule has 0 aliphatic heterocycles. The van der Waals surface area contributed by atoms with Crippen molar-refractivity contribution in [2.24, 2.45) is 0 Å². The normalized spacial score (nSPS) is 10.5. The number of rotatable bonds is 1. The Bertz CT molecular complexity index is 601. The molecule has 0 aromatic carbocycles. The van der Waals surface area contributed by atoms with Crippen molar-refractivity contribution in [2.75, 3.05) is 0 Å². The lowest BCUT2D eigenvalue weighted by molar-refractivity contribution is 0.0694. The first kappa shape index (κ1) is 9.39. The van der Waals surface area contributed by atoms with Crippen LogP contribution in [0.3, 0.4) is 0 Å². The molecule has 0 aliphatic carbocycles. The number of H-pyrrole nitrogens is 1. The van der Waals surface area contributed by atoms with Gasteiger partial charge in [0.2, 0.25) is 5.43 Å². The van der Waals surface area contributed by atoms with Gasteiger partial charge in [-0.05, 0) is 13.0 Å². The SMILES string of the molecule is Cc1[nH]c2cnccc2c(=O)c1C(=O)O. The van der Waals surface area contributed by atoms with Crippen LogP contribution in [0, 0.1) is 6.92 Å². The number of aromatic carboxylic acids is 1. The molecular formula is C10H8N2O3. The number of pyridine rings is 2. The van der Waals surface area contributed by atoms with Crippen molar-refractivity contribution in [1.82, 2.24) is 9.97 Å². The van der Waals surface area contributed by atoms with E-state index in [-0.39, 0.29) is 5.56 Å². The van der Waals surface area contributed by atoms with Crippen LogP contribution in [-0.4, -0.2) is 21.0 Å². The van der Waals surface area contributed by atoms with Crippen LogP contribution in [0.25, 0.3) is 10.9 Å². The van der Waals surface area contributed by atoms with E-state index in [1.165, 1.54) is 18.5 Å². The van der Waals surface area contributed by atoms with Gasteiger partial charge in [0.15, 0.2) is 0 Å². The van der Waals surface area contributed by atoms with Crippen molar-refractivity contribution in [1.29, 1.82) is 0 Å². The largest absolute Gasteiger partial charge is 0.477 e. The predicted octanol–water partition coefficient (Wildman–Crippen LogP) is 0.930. The number of hydrogen-bond donors (Lipinski definition) is 2. The lowest BCUT2D eigenvalue weighted by Crippen LogP contribution is -2.18. The van der Waals surface area contributed by atoms with Gasteiger partial charge in [-0.2, -0.15) is 0 Å². The number of aryl methyl sites for hydroxylation is 1. The molecule has 0 saturated heterocycles. The summed E-state index contributed by atoms with van der Waals surface area (Å²) in [5.41, 5.74) is 0.197. The first-order valence-electron chi connectivity index (χ1n) is 4.31. The molecule has 0 unspecified atom stereocenters. The number of hydrogen-bond acceptors (Lipinski definition) is 3. The lowest BCUT2D eigenvalue weighted by atomic mass is 10.1. The minimum absolute atomic E-state index is 0.214. The summed E-state index contributed by atoms with van der Waals surface area (Å²) in [7, 11) is 0. The van der Waals surface area contributed by atoms with Gasteiger partial charge in [-0.1, -0.05) is 0 Å². The van der Waals surface area contributed by atoms with Gasteiger partial charge in [0.1, 0.15) is 5.56 Å². The maximum Gasteiger partial charge on any atom is 0.341 e. The molecule has 2 rings (SSSR count). The van der Waals surface area contributed by atoms with Gasteiger partial charge >= 0.3 is 5.97 Å². The van der Waals surface area contributed by atoms with E-state index in [1.807, 2.05) is 0 Å². The topological polar surface area (TPSA) is 83.0 Å². The summed E-state index contributed by atoms with van der Waals surface area (Å²) >= 11 is 0. The second kappa shape index (κ2) is 3.20. The minimum Gasteiger partial charge on any atom is -0.477 e. The van der Waals surface area contributed by atoms with E-state index in [4.69, 9.17) is 5.11 Å². The van der Waals surface area contributed by atoms with Gasteiger partial charge < -0.3 is 10.1 Å². The molecule has 0 saturated carbocycles. The Labute approximate surface area is 84.4 Å². The molecule has 5 heteroatoms. The number of nitrogens with one attached hydrogen (secondary N) is 1. The third-order valence-electron chi connectivity index (χ3n) is 2.20. The Kier molecular flexibility index (Phi) is 2.00. The summed E-state index contributed by atoms with van der Waals surface area (Å²) in [6.07, 6.45) is 2.95. The fraction of sp³-hybridized carbons (Fsp3) is 0.100. The average Bonchev–Trinajstić information content (AvgIpc) is 2.17. The van der Waals surface area contributed by atoms with Crippen molar-refractivity contribution in [2.45, 2.75) is 6.92 Å². The van der Waals surface area contributed by atoms with Crippen LogP contribution in [0.15, 0.2) is 23.3 Å². The maximum atomic E-state index is 11.8. The van der Waals surface area contributed by atoms with Crippen LogP contribution >= 0.6 is 0 Å². The van der Waals surface area contributed by atoms with E-state index in [2.05, 4.69) is 9.97 Å². The molecule has 0 aliphatic rings. The van der Waals surface area contributed by atoms with Crippen LogP contribution in [-0.2, 0) is 0 Å². The van der Waals surface area contributed by atoms with Crippen LogP contribution in [0.4, 0.5) is 0 Å². The molecule has 2 aromatic rings. The Balaban J connectivity index is 2.97. The number of aromatic amines is 1. The van der Waals surface area contributed by atoms with E-state index in [9.17, 15) is 9.59 Å². The number of carboxylic acids is 1. The Morgan fingerprint density at radius 1 is 1.53 bits per heavy atom. The van der Waals surface area contributed by atoms with Crippen LogP contribution in [0.1, 0.15) is 16.1 Å². The van der Waals surface area contributed by atoms with Crippen molar-refractivity contribution in [3.05, 3.63) is 39.9 Å². The van der Waals surface area contributed by atoms with Crippen molar-refractivity contribution < 1.29 is 9.90 Å². The molecular weight excluding hydrogens is 196 g/mol. The van der Waals surface area contributed by atoms with E-state index >= 15 is 0 Å². The quantitative estimate of drug-likeness (QED) is 0.723. The standard InChI is InChI=1S/C10H8N2O3/c1-5-8(10(14)15)9(13)6-2-3-11-4-7(6)12-5/h2-4H,1H3,(H,12,13)(H,14,15). The molecule has 0 atom stereocenters. The van der Waals surface area contributed by atoms with Gasteiger partial charge in [-0.25, -0.2) is 4.79 Å². The minimum atomic E-state index is -1.22. The van der Waals surface area contributed by atoms with E-state index in [0.717, 1.165) is 0 Å².